The van der Waals surface area contributed by atoms with Crippen LogP contribution in [-0.2, 0) is 11.2 Å². The number of carbonyl (C=O) groups excluding carboxylic acids is 1. The summed E-state index contributed by atoms with van der Waals surface area (Å²) in [6.07, 6.45) is 8.45. The Morgan fingerprint density at radius 1 is 1.03 bits per heavy atom. The third-order valence-corrected chi connectivity index (χ3v) is 6.94. The van der Waals surface area contributed by atoms with Gasteiger partial charge in [-0.3, -0.25) is 4.79 Å². The van der Waals surface area contributed by atoms with Crippen molar-refractivity contribution in [1.29, 1.82) is 0 Å². The van der Waals surface area contributed by atoms with Crippen LogP contribution in [0.25, 0.3) is 16.8 Å². The molecule has 1 saturated carbocycles. The molecule has 0 aliphatic heterocycles. The first-order valence-electron chi connectivity index (χ1n) is 12.3. The molecule has 37 heavy (non-hydrogen) atoms. The number of aromatic nitrogens is 3. The molecule has 9 heteroatoms. The average Bonchev–Trinajstić information content (AvgIpc) is 3.34. The Morgan fingerprint density at radius 3 is 2.41 bits per heavy atom. The lowest BCUT2D eigenvalue weighted by Gasteiger charge is -2.25. The minimum absolute atomic E-state index is 0.0516. The van der Waals surface area contributed by atoms with Gasteiger partial charge < -0.3 is 15.5 Å². The van der Waals surface area contributed by atoms with Crippen LogP contribution < -0.4 is 5.32 Å². The van der Waals surface area contributed by atoms with E-state index in [0.717, 1.165) is 42.5 Å². The van der Waals surface area contributed by atoms with Gasteiger partial charge in [0.25, 0.3) is 5.91 Å². The number of carboxylic acid groups (broad SMARTS) is 1. The Hall–Kier alpha value is -4.27. The van der Waals surface area contributed by atoms with Gasteiger partial charge in [0.1, 0.15) is 23.2 Å². The number of aliphatic carboxylic acids is 1. The second-order valence-corrected chi connectivity index (χ2v) is 9.43. The summed E-state index contributed by atoms with van der Waals surface area (Å²) in [5, 5.41) is 26.3. The smallest absolute Gasteiger partial charge is 0.326 e. The molecule has 8 nitrogen and oxygen atoms in total. The molecule has 3 N–H and O–H groups in total. The molecule has 5 rings (SSSR count). The summed E-state index contributed by atoms with van der Waals surface area (Å²) in [6, 6.07) is 11.2. The maximum atomic E-state index is 13.6. The first-order valence-corrected chi connectivity index (χ1v) is 12.3. The molecule has 0 saturated heterocycles. The Bertz CT molecular complexity index is 1430. The number of carboxylic acids is 1. The van der Waals surface area contributed by atoms with Crippen LogP contribution in [0.2, 0.25) is 0 Å². The highest BCUT2D eigenvalue weighted by molar-refractivity contribution is 6.01. The molecule has 1 fully saturated rings. The van der Waals surface area contributed by atoms with Crippen LogP contribution in [-0.4, -0.2) is 42.7 Å². The summed E-state index contributed by atoms with van der Waals surface area (Å²) in [5.74, 6) is -1.80. The van der Waals surface area contributed by atoms with Crippen LogP contribution in [0.15, 0.2) is 60.9 Å². The van der Waals surface area contributed by atoms with Gasteiger partial charge in [0.15, 0.2) is 5.65 Å². The second kappa shape index (κ2) is 10.4. The van der Waals surface area contributed by atoms with Crippen molar-refractivity contribution >= 4 is 17.5 Å². The maximum Gasteiger partial charge on any atom is 0.326 e. The second-order valence-electron chi connectivity index (χ2n) is 9.43. The van der Waals surface area contributed by atoms with Crippen molar-refractivity contribution in [3.8, 4) is 16.9 Å². The number of rotatable bonds is 7. The topological polar surface area (TPSA) is 117 Å². The quantitative estimate of drug-likeness (QED) is 0.337. The predicted molar refractivity (Wildman–Crippen MR) is 135 cm³/mol. The number of hydrogen-bond acceptors (Lipinski definition) is 5. The molecule has 1 aliphatic carbocycles. The summed E-state index contributed by atoms with van der Waals surface area (Å²) >= 11 is 0. The fourth-order valence-electron chi connectivity index (χ4n) is 5.03. The molecular formula is C28H27FN4O4. The van der Waals surface area contributed by atoms with Gasteiger partial charge in [0.05, 0.1) is 11.9 Å². The number of fused-ring (bicyclic) bond motifs is 1. The summed E-state index contributed by atoms with van der Waals surface area (Å²) in [6.45, 7) is 0. The van der Waals surface area contributed by atoms with Gasteiger partial charge in [-0.05, 0) is 48.2 Å². The molecular weight excluding hydrogens is 475 g/mol. The van der Waals surface area contributed by atoms with Crippen molar-refractivity contribution in [2.45, 2.75) is 50.5 Å². The molecule has 1 aliphatic rings. The number of amides is 1. The van der Waals surface area contributed by atoms with Gasteiger partial charge in [-0.2, -0.15) is 5.10 Å². The van der Waals surface area contributed by atoms with E-state index in [9.17, 15) is 24.2 Å². The number of aromatic hydroxyl groups is 1. The largest absolute Gasteiger partial charge is 0.508 e. The fourth-order valence-corrected chi connectivity index (χ4v) is 5.03. The van der Waals surface area contributed by atoms with Crippen LogP contribution in [0, 0.1) is 5.82 Å². The molecule has 4 aromatic rings. The predicted octanol–water partition coefficient (Wildman–Crippen LogP) is 4.71. The minimum atomic E-state index is -1.18. The van der Waals surface area contributed by atoms with Crippen LogP contribution in [0.4, 0.5) is 4.39 Å². The minimum Gasteiger partial charge on any atom is -0.508 e. The summed E-state index contributed by atoms with van der Waals surface area (Å²) in [4.78, 5) is 29.6. The maximum absolute atomic E-state index is 13.6. The van der Waals surface area contributed by atoms with Crippen LogP contribution in [0.5, 0.6) is 5.75 Å². The highest BCUT2D eigenvalue weighted by Crippen LogP contribution is 2.38. The molecule has 0 bridgehead atoms. The lowest BCUT2D eigenvalue weighted by molar-refractivity contribution is -0.139. The first-order chi connectivity index (χ1) is 17.9. The number of benzene rings is 2. The van der Waals surface area contributed by atoms with Crippen molar-refractivity contribution in [3.05, 3.63) is 83.6 Å². The molecule has 0 spiro atoms. The zero-order chi connectivity index (χ0) is 25.9. The van der Waals surface area contributed by atoms with E-state index in [1.807, 2.05) is 0 Å². The van der Waals surface area contributed by atoms with Crippen molar-refractivity contribution in [1.82, 2.24) is 19.9 Å². The number of hydrogen-bond donors (Lipinski definition) is 3. The number of carbonyl (C=O) groups is 2. The molecule has 2 aromatic heterocycles. The lowest BCUT2D eigenvalue weighted by Crippen LogP contribution is -2.42. The van der Waals surface area contributed by atoms with Gasteiger partial charge in [-0.15, -0.1) is 0 Å². The molecule has 190 valence electrons. The van der Waals surface area contributed by atoms with Crippen LogP contribution >= 0.6 is 0 Å². The van der Waals surface area contributed by atoms with Crippen molar-refractivity contribution in [2.24, 2.45) is 0 Å². The van der Waals surface area contributed by atoms with E-state index in [-0.39, 0.29) is 29.5 Å². The molecule has 1 atom stereocenters. The standard InChI is InChI=1S/C28H27FN4O4/c29-20-10-8-18(9-11-20)22-15-30-26-23(16-31-33(26)25(22)19-4-2-1-3-5-19)27(35)32-24(28(36)37)14-17-6-12-21(34)13-7-17/h6-13,15-16,19,24,34H,1-5,14H2,(H,32,35)(H,36,37). The lowest BCUT2D eigenvalue weighted by atomic mass is 9.84. The zero-order valence-electron chi connectivity index (χ0n) is 20.1. The third-order valence-electron chi connectivity index (χ3n) is 6.94. The molecule has 0 radical (unpaired) electrons. The molecule has 2 heterocycles. The Kier molecular flexibility index (Phi) is 6.85. The third kappa shape index (κ3) is 5.16. The van der Waals surface area contributed by atoms with E-state index in [2.05, 4.69) is 15.4 Å². The highest BCUT2D eigenvalue weighted by Gasteiger charge is 2.27. The number of nitrogens with zero attached hydrogens (tertiary/aromatic N) is 3. The van der Waals surface area contributed by atoms with Gasteiger partial charge in [-0.1, -0.05) is 43.5 Å². The van der Waals surface area contributed by atoms with E-state index in [1.165, 1.54) is 36.9 Å². The van der Waals surface area contributed by atoms with E-state index >= 15 is 0 Å². The monoisotopic (exact) mass is 502 g/mol. The van der Waals surface area contributed by atoms with Gasteiger partial charge >= 0.3 is 5.97 Å². The van der Waals surface area contributed by atoms with Gasteiger partial charge in [-0.25, -0.2) is 18.7 Å². The van der Waals surface area contributed by atoms with Crippen LogP contribution in [0.3, 0.4) is 0 Å². The van der Waals surface area contributed by atoms with Crippen molar-refractivity contribution < 1.29 is 24.2 Å². The molecule has 2 aromatic carbocycles. The first kappa shape index (κ1) is 24.4. The zero-order valence-corrected chi connectivity index (χ0v) is 20.1. The SMILES string of the molecule is O=C(NC(Cc1ccc(O)cc1)C(=O)O)c1cnn2c(C3CCCCC3)c(-c3ccc(F)cc3)cnc12. The van der Waals surface area contributed by atoms with E-state index in [4.69, 9.17) is 0 Å². The molecule has 1 unspecified atom stereocenters. The highest BCUT2D eigenvalue weighted by atomic mass is 19.1. The Morgan fingerprint density at radius 2 is 1.73 bits per heavy atom. The number of nitrogens with one attached hydrogen (secondary N) is 1. The van der Waals surface area contributed by atoms with Crippen molar-refractivity contribution in [3.63, 3.8) is 0 Å². The summed E-state index contributed by atoms with van der Waals surface area (Å²) < 4.78 is 15.3. The summed E-state index contributed by atoms with van der Waals surface area (Å²) in [5.41, 5.74) is 3.77. The summed E-state index contributed by atoms with van der Waals surface area (Å²) in [7, 11) is 0. The normalized spacial score (nSPS) is 14.9. The fraction of sp³-hybridized carbons (Fsp3) is 0.286. The Labute approximate surface area is 212 Å². The Balaban J connectivity index is 1.49. The van der Waals surface area contributed by atoms with E-state index in [0.29, 0.717) is 11.2 Å². The number of phenolic OH excluding ortho intramolecular Hbond substituents is 1. The number of phenols is 1. The van der Waals surface area contributed by atoms with Crippen LogP contribution in [0.1, 0.15) is 59.6 Å². The van der Waals surface area contributed by atoms with Gasteiger partial charge in [0.2, 0.25) is 0 Å². The van der Waals surface area contributed by atoms with Crippen molar-refractivity contribution in [2.75, 3.05) is 0 Å². The van der Waals surface area contributed by atoms with Gasteiger partial charge in [0, 0.05) is 24.1 Å². The van der Waals surface area contributed by atoms with E-state index < -0.39 is 17.9 Å². The average molecular weight is 503 g/mol. The van der Waals surface area contributed by atoms with E-state index in [1.54, 1.807) is 35.0 Å². The number of halogens is 1. The molecule has 1 amide bonds.